The molecular formula is C21H34O5. The Morgan fingerprint density at radius 1 is 1.15 bits per heavy atom. The summed E-state index contributed by atoms with van der Waals surface area (Å²) in [5.41, 5.74) is -1.49. The topological polar surface area (TPSA) is 94.8 Å². The number of aliphatic hydroxyl groups excluding tert-OH is 2. The number of aliphatic hydroxyl groups is 3. The molecule has 1 rings (SSSR count). The Labute approximate surface area is 156 Å². The van der Waals surface area contributed by atoms with Crippen LogP contribution in [-0.2, 0) is 9.59 Å². The van der Waals surface area contributed by atoms with Gasteiger partial charge < -0.3 is 15.3 Å². The molecule has 0 radical (unpaired) electrons. The third-order valence-electron chi connectivity index (χ3n) is 4.87. The third-order valence-corrected chi connectivity index (χ3v) is 4.87. The van der Waals surface area contributed by atoms with Gasteiger partial charge in [0.05, 0.1) is 12.0 Å². The number of carbonyl (C=O) groups is 2. The minimum atomic E-state index is -2.11. The highest BCUT2D eigenvalue weighted by atomic mass is 16.4. The van der Waals surface area contributed by atoms with E-state index in [-0.39, 0.29) is 30.8 Å². The molecule has 0 aromatic rings. The summed E-state index contributed by atoms with van der Waals surface area (Å²) in [6.45, 7) is 11.4. The summed E-state index contributed by atoms with van der Waals surface area (Å²) in [5.74, 6) is -2.43. The quantitative estimate of drug-likeness (QED) is 0.429. The van der Waals surface area contributed by atoms with Gasteiger partial charge in [-0.3, -0.25) is 9.59 Å². The predicted octanol–water partition coefficient (Wildman–Crippen LogP) is 3.50. The monoisotopic (exact) mass is 366 g/mol. The number of rotatable bonds is 9. The molecule has 0 saturated carbocycles. The van der Waals surface area contributed by atoms with E-state index in [1.54, 1.807) is 6.08 Å². The fraction of sp³-hybridized carbons (Fsp3) is 0.714. The Bertz CT molecular complexity index is 596. The van der Waals surface area contributed by atoms with Crippen molar-refractivity contribution in [1.29, 1.82) is 0 Å². The normalized spacial score (nSPS) is 24.5. The molecular weight excluding hydrogens is 332 g/mol. The van der Waals surface area contributed by atoms with Crippen molar-refractivity contribution in [1.82, 2.24) is 0 Å². The fourth-order valence-corrected chi connectivity index (χ4v) is 3.34. The minimum absolute atomic E-state index is 0.0198. The van der Waals surface area contributed by atoms with E-state index >= 15 is 0 Å². The second kappa shape index (κ2) is 8.96. The van der Waals surface area contributed by atoms with E-state index in [1.807, 2.05) is 41.5 Å². The summed E-state index contributed by atoms with van der Waals surface area (Å²) >= 11 is 0. The van der Waals surface area contributed by atoms with E-state index in [4.69, 9.17) is 0 Å². The predicted molar refractivity (Wildman–Crippen MR) is 102 cm³/mol. The van der Waals surface area contributed by atoms with E-state index in [2.05, 4.69) is 0 Å². The molecule has 26 heavy (non-hydrogen) atoms. The molecule has 0 saturated heterocycles. The molecule has 3 atom stereocenters. The molecule has 0 fully saturated rings. The number of allylic oxidation sites excluding steroid dienone is 3. The summed E-state index contributed by atoms with van der Waals surface area (Å²) in [6.07, 6.45) is 1.62. The van der Waals surface area contributed by atoms with E-state index < -0.39 is 34.9 Å². The molecule has 0 aliphatic heterocycles. The van der Waals surface area contributed by atoms with Gasteiger partial charge >= 0.3 is 0 Å². The first kappa shape index (κ1) is 22.6. The van der Waals surface area contributed by atoms with Crippen LogP contribution in [-0.4, -0.2) is 38.6 Å². The van der Waals surface area contributed by atoms with Crippen LogP contribution in [0.2, 0.25) is 0 Å². The number of ketones is 2. The Hall–Kier alpha value is -1.46. The second-order valence-corrected chi connectivity index (χ2v) is 8.49. The molecule has 0 heterocycles. The second-order valence-electron chi connectivity index (χ2n) is 8.49. The smallest absolute Gasteiger partial charge is 0.176 e. The standard InChI is InChI=1S/C21H34O5/c1-12(2)7-9-15-19(24)18(16(22)11-14(5)6)20(25)21(15,26)17(23)10-8-13(3)4/h7,13-15,17,23,25-26H,8-11H2,1-6H3/t15-,17?,21?/m1/s1. The average molecular weight is 366 g/mol. The van der Waals surface area contributed by atoms with Crippen LogP contribution in [0, 0.1) is 17.8 Å². The molecule has 5 heteroatoms. The zero-order valence-electron chi connectivity index (χ0n) is 16.9. The van der Waals surface area contributed by atoms with Crippen LogP contribution in [0.5, 0.6) is 0 Å². The van der Waals surface area contributed by atoms with Crippen molar-refractivity contribution in [3.63, 3.8) is 0 Å². The molecule has 148 valence electrons. The van der Waals surface area contributed by atoms with Crippen LogP contribution >= 0.6 is 0 Å². The fourth-order valence-electron chi connectivity index (χ4n) is 3.34. The molecule has 1 aliphatic rings. The lowest BCUT2D eigenvalue weighted by molar-refractivity contribution is -0.135. The average Bonchev–Trinajstić information content (AvgIpc) is 2.69. The van der Waals surface area contributed by atoms with Crippen molar-refractivity contribution in [2.45, 2.75) is 78.9 Å². The number of hydrogen-bond acceptors (Lipinski definition) is 5. The van der Waals surface area contributed by atoms with Gasteiger partial charge in [-0.1, -0.05) is 39.3 Å². The van der Waals surface area contributed by atoms with Crippen molar-refractivity contribution < 1.29 is 24.9 Å². The molecule has 0 bridgehead atoms. The highest BCUT2D eigenvalue weighted by Gasteiger charge is 2.58. The molecule has 5 nitrogen and oxygen atoms in total. The van der Waals surface area contributed by atoms with Crippen molar-refractivity contribution in [2.75, 3.05) is 0 Å². The summed E-state index contributed by atoms with van der Waals surface area (Å²) in [7, 11) is 0. The maximum atomic E-state index is 12.9. The summed E-state index contributed by atoms with van der Waals surface area (Å²) in [4.78, 5) is 25.4. The van der Waals surface area contributed by atoms with Crippen LogP contribution in [0.25, 0.3) is 0 Å². The third kappa shape index (κ3) is 4.83. The van der Waals surface area contributed by atoms with Gasteiger partial charge in [0.25, 0.3) is 0 Å². The maximum absolute atomic E-state index is 12.9. The van der Waals surface area contributed by atoms with Crippen LogP contribution in [0.15, 0.2) is 23.0 Å². The number of carbonyl (C=O) groups excluding carboxylic acids is 2. The lowest BCUT2D eigenvalue weighted by Crippen LogP contribution is -2.49. The van der Waals surface area contributed by atoms with Gasteiger partial charge in [-0.25, -0.2) is 0 Å². The Balaban J connectivity index is 3.31. The maximum Gasteiger partial charge on any atom is 0.176 e. The largest absolute Gasteiger partial charge is 0.508 e. The van der Waals surface area contributed by atoms with Gasteiger partial charge in [0.15, 0.2) is 17.2 Å². The molecule has 0 spiro atoms. The van der Waals surface area contributed by atoms with Gasteiger partial charge in [0.1, 0.15) is 11.3 Å². The van der Waals surface area contributed by atoms with Crippen LogP contribution < -0.4 is 0 Å². The van der Waals surface area contributed by atoms with Gasteiger partial charge in [0, 0.05) is 6.42 Å². The Morgan fingerprint density at radius 3 is 2.19 bits per heavy atom. The number of Topliss-reactive ketones (excluding diaryl/α,β-unsaturated/α-hetero) is 2. The molecule has 2 unspecified atom stereocenters. The SMILES string of the molecule is CC(C)=CC[C@@H]1C(=O)C(C(=O)CC(C)C)=C(O)C1(O)C(O)CCC(C)C. The van der Waals surface area contributed by atoms with Crippen molar-refractivity contribution >= 4 is 11.6 Å². The summed E-state index contributed by atoms with van der Waals surface area (Å²) < 4.78 is 0. The van der Waals surface area contributed by atoms with Crippen molar-refractivity contribution in [3.05, 3.63) is 23.0 Å². The number of hydrogen-bond donors (Lipinski definition) is 3. The summed E-state index contributed by atoms with van der Waals surface area (Å²) in [5, 5.41) is 32.5. The van der Waals surface area contributed by atoms with E-state index in [1.165, 1.54) is 0 Å². The van der Waals surface area contributed by atoms with Crippen molar-refractivity contribution in [2.24, 2.45) is 17.8 Å². The first-order chi connectivity index (χ1) is 11.9. The molecule has 3 N–H and O–H groups in total. The lowest BCUT2D eigenvalue weighted by Gasteiger charge is -2.34. The Morgan fingerprint density at radius 2 is 1.73 bits per heavy atom. The van der Waals surface area contributed by atoms with Gasteiger partial charge in [0.2, 0.25) is 0 Å². The zero-order chi connectivity index (χ0) is 20.2. The van der Waals surface area contributed by atoms with Gasteiger partial charge in [-0.15, -0.1) is 0 Å². The van der Waals surface area contributed by atoms with Crippen LogP contribution in [0.3, 0.4) is 0 Å². The lowest BCUT2D eigenvalue weighted by atomic mass is 9.79. The molecule has 0 amide bonds. The van der Waals surface area contributed by atoms with Gasteiger partial charge in [-0.2, -0.15) is 0 Å². The molecule has 1 aliphatic carbocycles. The first-order valence-electron chi connectivity index (χ1n) is 9.47. The van der Waals surface area contributed by atoms with Crippen LogP contribution in [0.1, 0.15) is 67.2 Å². The van der Waals surface area contributed by atoms with Gasteiger partial charge in [-0.05, 0) is 44.9 Å². The highest BCUT2D eigenvalue weighted by molar-refractivity contribution is 6.23. The van der Waals surface area contributed by atoms with Crippen molar-refractivity contribution in [3.8, 4) is 0 Å². The van der Waals surface area contributed by atoms with E-state index in [0.29, 0.717) is 12.3 Å². The molecule has 0 aromatic carbocycles. The van der Waals surface area contributed by atoms with E-state index in [9.17, 15) is 24.9 Å². The van der Waals surface area contributed by atoms with Crippen LogP contribution in [0.4, 0.5) is 0 Å². The minimum Gasteiger partial charge on any atom is -0.508 e. The zero-order valence-corrected chi connectivity index (χ0v) is 16.9. The Kier molecular flexibility index (Phi) is 7.78. The molecule has 0 aromatic heterocycles. The summed E-state index contributed by atoms with van der Waals surface area (Å²) in [6, 6.07) is 0. The first-order valence-corrected chi connectivity index (χ1v) is 9.47. The highest BCUT2D eigenvalue weighted by Crippen LogP contribution is 2.43. The van der Waals surface area contributed by atoms with E-state index in [0.717, 1.165) is 5.57 Å².